The Kier molecular flexibility index (Phi) is 4.49. The summed E-state index contributed by atoms with van der Waals surface area (Å²) < 4.78 is 29.3. The molecular weight excluding hydrogens is 316 g/mol. The van der Waals surface area contributed by atoms with Crippen LogP contribution in [0.25, 0.3) is 10.9 Å². The highest BCUT2D eigenvalue weighted by Gasteiger charge is 2.41. The Morgan fingerprint density at radius 1 is 1.42 bits per heavy atom. The Labute approximate surface area is 137 Å². The predicted molar refractivity (Wildman–Crippen MR) is 84.9 cm³/mol. The zero-order valence-electron chi connectivity index (χ0n) is 12.9. The summed E-state index contributed by atoms with van der Waals surface area (Å²) in [5, 5.41) is 22.3. The molecule has 0 atom stereocenters. The van der Waals surface area contributed by atoms with Crippen LogP contribution in [0.3, 0.4) is 0 Å². The highest BCUT2D eigenvalue weighted by molar-refractivity contribution is 5.94. The maximum Gasteiger partial charge on any atom is 0.387 e. The number of nitrogens with zero attached hydrogens (tertiary/aromatic N) is 2. The minimum absolute atomic E-state index is 0.0222. The van der Waals surface area contributed by atoms with Crippen LogP contribution in [0.1, 0.15) is 24.8 Å². The lowest BCUT2D eigenvalue weighted by Crippen LogP contribution is -2.17. The van der Waals surface area contributed by atoms with Crippen molar-refractivity contribution in [3.8, 4) is 11.8 Å². The number of anilines is 1. The van der Waals surface area contributed by atoms with E-state index >= 15 is 0 Å². The van der Waals surface area contributed by atoms with E-state index in [1.165, 1.54) is 18.3 Å². The number of ether oxygens (including phenoxy) is 1. The quantitative estimate of drug-likeness (QED) is 0.813. The van der Waals surface area contributed by atoms with Gasteiger partial charge in [0.1, 0.15) is 11.8 Å². The molecule has 0 amide bonds. The number of hydrogen-bond donors (Lipinski definition) is 2. The first-order valence-corrected chi connectivity index (χ1v) is 7.69. The van der Waals surface area contributed by atoms with Gasteiger partial charge in [-0.15, -0.1) is 0 Å². The minimum Gasteiger partial charge on any atom is -0.435 e. The number of alkyl halides is 2. The molecular formula is C17H17F2N3O2. The lowest BCUT2D eigenvalue weighted by atomic mass is 10.0. The van der Waals surface area contributed by atoms with Crippen LogP contribution in [0.5, 0.6) is 5.75 Å². The van der Waals surface area contributed by atoms with E-state index in [2.05, 4.69) is 21.1 Å². The third kappa shape index (κ3) is 3.39. The Morgan fingerprint density at radius 3 is 2.83 bits per heavy atom. The monoisotopic (exact) mass is 333 g/mol. The van der Waals surface area contributed by atoms with Gasteiger partial charge in [0.2, 0.25) is 0 Å². The minimum atomic E-state index is -2.91. The zero-order valence-corrected chi connectivity index (χ0v) is 12.9. The number of rotatable bonds is 7. The topological polar surface area (TPSA) is 78.2 Å². The normalized spacial score (nSPS) is 15.3. The van der Waals surface area contributed by atoms with Gasteiger partial charge in [0.05, 0.1) is 16.8 Å². The van der Waals surface area contributed by atoms with E-state index < -0.39 is 6.61 Å². The lowest BCUT2D eigenvalue weighted by molar-refractivity contribution is -0.0497. The van der Waals surface area contributed by atoms with Crippen LogP contribution in [0.2, 0.25) is 0 Å². The molecule has 0 spiro atoms. The summed E-state index contributed by atoms with van der Waals surface area (Å²) in [6, 6.07) is 6.54. The molecule has 2 N–H and O–H groups in total. The van der Waals surface area contributed by atoms with Gasteiger partial charge in [0.15, 0.2) is 0 Å². The van der Waals surface area contributed by atoms with Crippen molar-refractivity contribution in [2.75, 3.05) is 18.5 Å². The smallest absolute Gasteiger partial charge is 0.387 e. The van der Waals surface area contributed by atoms with Gasteiger partial charge in [-0.25, -0.2) is 0 Å². The van der Waals surface area contributed by atoms with Crippen molar-refractivity contribution >= 4 is 16.6 Å². The molecule has 1 aliphatic rings. The molecule has 2 aromatic rings. The first-order valence-electron chi connectivity index (χ1n) is 7.69. The number of hydrogen-bond acceptors (Lipinski definition) is 5. The Bertz CT molecular complexity index is 785. The summed E-state index contributed by atoms with van der Waals surface area (Å²) in [6.45, 7) is -2.18. The van der Waals surface area contributed by atoms with Crippen LogP contribution in [-0.2, 0) is 0 Å². The Hall–Kier alpha value is -2.46. The van der Waals surface area contributed by atoms with E-state index in [1.807, 2.05) is 0 Å². The average molecular weight is 333 g/mol. The fourth-order valence-electron chi connectivity index (χ4n) is 2.83. The number of pyridine rings is 1. The number of halogens is 2. The van der Waals surface area contributed by atoms with Crippen LogP contribution >= 0.6 is 0 Å². The molecule has 0 unspecified atom stereocenters. The second kappa shape index (κ2) is 6.57. The molecule has 126 valence electrons. The van der Waals surface area contributed by atoms with Gasteiger partial charge < -0.3 is 15.2 Å². The van der Waals surface area contributed by atoms with Crippen molar-refractivity contribution in [1.82, 2.24) is 4.98 Å². The Balaban J connectivity index is 1.95. The van der Waals surface area contributed by atoms with Crippen molar-refractivity contribution in [3.63, 3.8) is 0 Å². The second-order valence-electron chi connectivity index (χ2n) is 6.04. The van der Waals surface area contributed by atoms with Gasteiger partial charge in [0.25, 0.3) is 0 Å². The van der Waals surface area contributed by atoms with Gasteiger partial charge in [-0.05, 0) is 42.9 Å². The summed E-state index contributed by atoms with van der Waals surface area (Å²) in [5.41, 5.74) is 1.54. The van der Waals surface area contributed by atoms with Gasteiger partial charge >= 0.3 is 6.61 Å². The molecule has 1 aliphatic carbocycles. The molecule has 1 aromatic heterocycles. The molecule has 3 rings (SSSR count). The van der Waals surface area contributed by atoms with Crippen molar-refractivity contribution in [1.29, 1.82) is 5.26 Å². The molecule has 0 radical (unpaired) electrons. The van der Waals surface area contributed by atoms with E-state index in [9.17, 15) is 14.0 Å². The van der Waals surface area contributed by atoms with E-state index in [0.29, 0.717) is 35.1 Å². The molecule has 1 heterocycles. The Morgan fingerprint density at radius 2 is 2.21 bits per heavy atom. The van der Waals surface area contributed by atoms with Crippen LogP contribution in [0, 0.1) is 16.7 Å². The number of fused-ring (bicyclic) bond motifs is 1. The third-order valence-corrected chi connectivity index (χ3v) is 4.42. The summed E-state index contributed by atoms with van der Waals surface area (Å²) in [6.07, 6.45) is 4.20. The number of aliphatic hydroxyl groups excluding tert-OH is 1. The largest absolute Gasteiger partial charge is 0.435 e. The number of nitrogens with one attached hydrogen (secondary N) is 1. The van der Waals surface area contributed by atoms with Gasteiger partial charge in [0, 0.05) is 24.7 Å². The first kappa shape index (κ1) is 16.4. The molecule has 1 fully saturated rings. The number of aromatic nitrogens is 1. The van der Waals surface area contributed by atoms with E-state index in [1.54, 1.807) is 6.07 Å². The fourth-order valence-corrected chi connectivity index (χ4v) is 2.83. The van der Waals surface area contributed by atoms with Gasteiger partial charge in [-0.3, -0.25) is 4.98 Å². The van der Waals surface area contributed by atoms with Crippen molar-refractivity contribution in [2.45, 2.75) is 25.9 Å². The maximum atomic E-state index is 12.4. The summed E-state index contributed by atoms with van der Waals surface area (Å²) in [5.74, 6) is 0.0222. The third-order valence-electron chi connectivity index (χ3n) is 4.42. The highest BCUT2D eigenvalue weighted by Crippen LogP contribution is 2.48. The molecule has 0 aliphatic heterocycles. The van der Waals surface area contributed by atoms with Crippen LogP contribution in [0.4, 0.5) is 14.5 Å². The summed E-state index contributed by atoms with van der Waals surface area (Å²) in [4.78, 5) is 4.18. The van der Waals surface area contributed by atoms with Crippen molar-refractivity contribution < 1.29 is 18.6 Å². The maximum absolute atomic E-state index is 12.4. The highest BCUT2D eigenvalue weighted by atomic mass is 19.3. The molecule has 7 heteroatoms. The number of aliphatic hydroxyl groups is 1. The summed E-state index contributed by atoms with van der Waals surface area (Å²) >= 11 is 0. The molecule has 0 bridgehead atoms. The molecule has 1 saturated carbocycles. The van der Waals surface area contributed by atoms with Gasteiger partial charge in [-0.1, -0.05) is 0 Å². The predicted octanol–water partition coefficient (Wildman–Crippen LogP) is 3.28. The first-order chi connectivity index (χ1) is 11.6. The van der Waals surface area contributed by atoms with E-state index in [-0.39, 0.29) is 17.8 Å². The SMILES string of the molecule is N#Cc1cnc2ccc(OC(F)F)cc2c1NCC1(CCO)CC1. The molecule has 0 saturated heterocycles. The second-order valence-corrected chi connectivity index (χ2v) is 6.04. The summed E-state index contributed by atoms with van der Waals surface area (Å²) in [7, 11) is 0. The van der Waals surface area contributed by atoms with Crippen molar-refractivity contribution in [2.24, 2.45) is 5.41 Å². The van der Waals surface area contributed by atoms with E-state index in [4.69, 9.17) is 5.11 Å². The van der Waals surface area contributed by atoms with E-state index in [0.717, 1.165) is 12.8 Å². The van der Waals surface area contributed by atoms with Crippen molar-refractivity contribution in [3.05, 3.63) is 30.0 Å². The lowest BCUT2D eigenvalue weighted by Gasteiger charge is -2.18. The standard InChI is InChI=1S/C17H17F2N3O2/c18-16(19)24-12-1-2-14-13(7-12)15(11(8-20)9-21-14)22-10-17(3-4-17)5-6-23/h1-2,7,9,16,23H,3-6,10H2,(H,21,22). The molecule has 1 aromatic carbocycles. The number of benzene rings is 1. The fraction of sp³-hybridized carbons (Fsp3) is 0.412. The molecule has 5 nitrogen and oxygen atoms in total. The van der Waals surface area contributed by atoms with Crippen LogP contribution in [-0.4, -0.2) is 29.9 Å². The zero-order chi connectivity index (χ0) is 17.2. The van der Waals surface area contributed by atoms with Gasteiger partial charge in [-0.2, -0.15) is 14.0 Å². The van der Waals surface area contributed by atoms with Crippen LogP contribution in [0.15, 0.2) is 24.4 Å². The molecule has 24 heavy (non-hydrogen) atoms. The van der Waals surface area contributed by atoms with Crippen LogP contribution < -0.4 is 10.1 Å². The number of nitriles is 1. The average Bonchev–Trinajstić information content (AvgIpc) is 3.32.